The van der Waals surface area contributed by atoms with Gasteiger partial charge < -0.3 is 14.9 Å². The second kappa shape index (κ2) is 2.66. The first-order valence-corrected chi connectivity index (χ1v) is 4.96. The molecule has 0 heterocycles. The third kappa shape index (κ3) is 1.83. The lowest BCUT2D eigenvalue weighted by Crippen LogP contribution is -2.18. The summed E-state index contributed by atoms with van der Waals surface area (Å²) in [5, 5.41) is 5.80. The van der Waals surface area contributed by atoms with Crippen LogP contribution in [0, 0.1) is 0 Å². The minimum atomic E-state index is -4.90. The van der Waals surface area contributed by atoms with Gasteiger partial charge in [0.2, 0.25) is 0 Å². The Balaban J connectivity index is 4.75. The molecule has 0 aliphatic carbocycles. The zero-order valence-electron chi connectivity index (χ0n) is 5.00. The molecule has 6 nitrogen and oxygen atoms in total. The molecule has 0 aliphatic heterocycles. The van der Waals surface area contributed by atoms with Gasteiger partial charge in [-0.15, -0.1) is 0 Å². The molecule has 60 valence electrons. The van der Waals surface area contributed by atoms with Crippen LogP contribution in [0.25, 0.3) is 0 Å². The lowest BCUT2D eigenvalue weighted by Gasteiger charge is -2.09. The molecule has 0 rings (SSSR count). The summed E-state index contributed by atoms with van der Waals surface area (Å²) in [4.78, 5) is 24.6. The van der Waals surface area contributed by atoms with Crippen molar-refractivity contribution in [3.8, 4) is 0 Å². The highest BCUT2D eigenvalue weighted by Crippen LogP contribution is 2.59. The minimum Gasteiger partial charge on any atom is -0.337 e. The van der Waals surface area contributed by atoms with Crippen LogP contribution in [0.1, 0.15) is 6.92 Å². The Morgan fingerprint density at radius 3 is 1.80 bits per heavy atom. The van der Waals surface area contributed by atoms with Crippen LogP contribution in [-0.2, 0) is 9.13 Å². The fourth-order valence-electron chi connectivity index (χ4n) is 0.111. The van der Waals surface area contributed by atoms with E-state index in [9.17, 15) is 9.13 Å². The van der Waals surface area contributed by atoms with Crippen molar-refractivity contribution in [2.75, 3.05) is 0 Å². The second-order valence-corrected chi connectivity index (χ2v) is 5.52. The van der Waals surface area contributed by atoms with E-state index in [0.29, 0.717) is 6.92 Å². The van der Waals surface area contributed by atoms with Gasteiger partial charge in [-0.25, -0.2) is 0 Å². The highest BCUT2D eigenvalue weighted by molar-refractivity contribution is 7.66. The molecule has 0 spiro atoms. The highest BCUT2D eigenvalue weighted by atomic mass is 31.2. The fourth-order valence-corrected chi connectivity index (χ4v) is 1.00. The average Bonchev–Trinajstić information content (AvgIpc) is 1.62. The molecule has 0 fully saturated rings. The van der Waals surface area contributed by atoms with Crippen molar-refractivity contribution in [1.82, 2.24) is 0 Å². The summed E-state index contributed by atoms with van der Waals surface area (Å²) in [5.41, 5.74) is 0. The number of aliphatic hydroxyl groups is 1. The van der Waals surface area contributed by atoms with Crippen molar-refractivity contribution in [2.24, 2.45) is 0 Å². The summed E-state index contributed by atoms with van der Waals surface area (Å²) in [5.74, 6) is 0. The van der Waals surface area contributed by atoms with E-state index in [2.05, 4.69) is 0 Å². The molecule has 4 N–H and O–H groups in total. The van der Waals surface area contributed by atoms with Crippen LogP contribution in [0.5, 0.6) is 0 Å². The predicted molar refractivity (Wildman–Crippen MR) is 32.5 cm³/mol. The van der Waals surface area contributed by atoms with E-state index in [1.165, 1.54) is 0 Å². The standard InChI is InChI=1S/C2H6O6P2/c1-2(3,9(4)5)10(6,7)8/h3H,1H3,(H2-,4,5,6,7,8)/p+1. The third-order valence-corrected chi connectivity index (χ3v) is 4.04. The van der Waals surface area contributed by atoms with Crippen molar-refractivity contribution < 1.29 is 28.9 Å². The molecule has 8 heteroatoms. The second-order valence-electron chi connectivity index (χ2n) is 1.79. The van der Waals surface area contributed by atoms with E-state index in [0.717, 1.165) is 0 Å². The first kappa shape index (κ1) is 10.2. The van der Waals surface area contributed by atoms with Crippen LogP contribution >= 0.6 is 15.6 Å². The van der Waals surface area contributed by atoms with Gasteiger partial charge in [-0.1, -0.05) is 0 Å². The van der Waals surface area contributed by atoms with Crippen molar-refractivity contribution in [2.45, 2.75) is 12.0 Å². The molecule has 0 aromatic rings. The van der Waals surface area contributed by atoms with Crippen LogP contribution in [0.15, 0.2) is 0 Å². The summed E-state index contributed by atoms with van der Waals surface area (Å²) in [6.07, 6.45) is 0. The number of hydrogen-bond donors (Lipinski definition) is 4. The molecular weight excluding hydrogens is 182 g/mol. The van der Waals surface area contributed by atoms with Gasteiger partial charge in [-0.05, 0) is 4.57 Å². The molecule has 0 amide bonds. The maximum absolute atomic E-state index is 10.2. The van der Waals surface area contributed by atoms with Gasteiger partial charge in [0.1, 0.15) is 0 Å². The minimum absolute atomic E-state index is 0.604. The average molecular weight is 189 g/mol. The first-order chi connectivity index (χ1) is 4.19. The molecule has 10 heavy (non-hydrogen) atoms. The lowest BCUT2D eigenvalue weighted by molar-refractivity contribution is 0.171. The zero-order valence-corrected chi connectivity index (χ0v) is 6.79. The topological polar surface area (TPSA) is 115 Å². The van der Waals surface area contributed by atoms with Gasteiger partial charge in [0, 0.05) is 6.92 Å². The number of hydrogen-bond acceptors (Lipinski definition) is 3. The summed E-state index contributed by atoms with van der Waals surface area (Å²) >= 11 is 0. The monoisotopic (exact) mass is 189 g/mol. The molecule has 0 aromatic carbocycles. The van der Waals surface area contributed by atoms with Gasteiger partial charge >= 0.3 is 20.7 Å². The molecule has 2 atom stereocenters. The predicted octanol–water partition coefficient (Wildman–Crippen LogP) is -0.435. The van der Waals surface area contributed by atoms with Crippen molar-refractivity contribution in [3.63, 3.8) is 0 Å². The van der Waals surface area contributed by atoms with Gasteiger partial charge in [-0.3, -0.25) is 4.57 Å². The first-order valence-electron chi connectivity index (χ1n) is 2.14. The molecule has 0 radical (unpaired) electrons. The van der Waals surface area contributed by atoms with Crippen LogP contribution in [0.2, 0.25) is 0 Å². The Labute approximate surface area is 57.5 Å². The summed E-state index contributed by atoms with van der Waals surface area (Å²) in [6.45, 7) is 0.604. The fraction of sp³-hybridized carbons (Fsp3) is 1.00. The van der Waals surface area contributed by atoms with Gasteiger partial charge in [0.25, 0.3) is 0 Å². The SMILES string of the molecule is CC(O)([P+](=O)O)P(=O)(O)O. The van der Waals surface area contributed by atoms with Gasteiger partial charge in [0.15, 0.2) is 0 Å². The van der Waals surface area contributed by atoms with Crippen LogP contribution in [0.4, 0.5) is 0 Å². The molecule has 2 unspecified atom stereocenters. The number of rotatable bonds is 2. The van der Waals surface area contributed by atoms with E-state index in [-0.39, 0.29) is 0 Å². The van der Waals surface area contributed by atoms with E-state index >= 15 is 0 Å². The largest absolute Gasteiger partial charge is 0.554 e. The van der Waals surface area contributed by atoms with E-state index in [1.54, 1.807) is 0 Å². The van der Waals surface area contributed by atoms with Crippen LogP contribution in [-0.4, -0.2) is 24.9 Å². The van der Waals surface area contributed by atoms with Gasteiger partial charge in [-0.2, -0.15) is 4.89 Å². The van der Waals surface area contributed by atoms with Crippen molar-refractivity contribution in [1.29, 1.82) is 0 Å². The Morgan fingerprint density at radius 1 is 1.50 bits per heavy atom. The van der Waals surface area contributed by atoms with E-state index in [1.807, 2.05) is 0 Å². The zero-order chi connectivity index (χ0) is 8.58. The molecule has 0 saturated heterocycles. The molecule has 0 saturated carbocycles. The summed E-state index contributed by atoms with van der Waals surface area (Å²) in [6, 6.07) is 0. The smallest absolute Gasteiger partial charge is 0.337 e. The van der Waals surface area contributed by atoms with Gasteiger partial charge in [0.05, 0.1) is 0 Å². The third-order valence-electron chi connectivity index (χ3n) is 0.914. The Morgan fingerprint density at radius 2 is 1.80 bits per heavy atom. The molecule has 0 bridgehead atoms. The van der Waals surface area contributed by atoms with Crippen LogP contribution < -0.4 is 0 Å². The summed E-state index contributed by atoms with van der Waals surface area (Å²) in [7, 11) is -8.19. The van der Waals surface area contributed by atoms with Crippen LogP contribution in [0.3, 0.4) is 0 Å². The van der Waals surface area contributed by atoms with Crippen molar-refractivity contribution in [3.05, 3.63) is 0 Å². The highest BCUT2D eigenvalue weighted by Gasteiger charge is 2.58. The normalized spacial score (nSPS) is 19.9. The maximum atomic E-state index is 10.2. The molecule has 0 aromatic heterocycles. The quantitative estimate of drug-likeness (QED) is 0.438. The lowest BCUT2D eigenvalue weighted by atomic mass is 10.9. The summed E-state index contributed by atoms with van der Waals surface area (Å²) < 4.78 is 20.3. The maximum Gasteiger partial charge on any atom is 0.554 e. The van der Waals surface area contributed by atoms with Crippen molar-refractivity contribution >= 4 is 15.6 Å². The Bertz CT molecular complexity index is 190. The Hall–Kier alpha value is 0.170. The molecular formula is C2H7O6P2+. The van der Waals surface area contributed by atoms with E-state index in [4.69, 9.17) is 19.8 Å². The molecule has 0 aliphatic rings. The Kier molecular flexibility index (Phi) is 2.70. The van der Waals surface area contributed by atoms with E-state index < -0.39 is 20.7 Å².